The molecule has 0 unspecified atom stereocenters. The maximum absolute atomic E-state index is 9.27. The summed E-state index contributed by atoms with van der Waals surface area (Å²) >= 11 is 0.978. The number of hydrogen-bond donors (Lipinski definition) is 0. The smallest absolute Gasteiger partial charge is 0.163 e. The van der Waals surface area contributed by atoms with Crippen LogP contribution in [0, 0.1) is 0 Å². The molecule has 51 heavy (non-hydrogen) atoms. The molecular formula is C46H30N4S. The molecule has 0 aliphatic heterocycles. The Hall–Kier alpha value is -6.43. The van der Waals surface area contributed by atoms with Gasteiger partial charge in [-0.3, -0.25) is 0 Å². The van der Waals surface area contributed by atoms with Crippen molar-refractivity contribution in [2.45, 2.75) is 6.54 Å². The lowest BCUT2D eigenvalue weighted by Gasteiger charge is -2.12. The Morgan fingerprint density at radius 3 is 1.67 bits per heavy atom. The monoisotopic (exact) mass is 680 g/mol. The fourth-order valence-corrected chi connectivity index (χ4v) is 7.59. The third-order valence-corrected chi connectivity index (χ3v) is 10.1. The Labute approximate surface area is 313 Å². The van der Waals surface area contributed by atoms with Gasteiger partial charge in [-0.15, -0.1) is 11.3 Å². The molecule has 0 bridgehead atoms. The highest BCUT2D eigenvalue weighted by atomic mass is 32.1. The molecule has 0 spiro atoms. The van der Waals surface area contributed by atoms with Crippen molar-refractivity contribution >= 4 is 53.3 Å². The number of aromatic nitrogens is 4. The lowest BCUT2D eigenvalue weighted by molar-refractivity contribution is 0.787. The Morgan fingerprint density at radius 2 is 1.00 bits per heavy atom. The number of benzene rings is 7. The lowest BCUT2D eigenvalue weighted by atomic mass is 9.99. The van der Waals surface area contributed by atoms with Crippen molar-refractivity contribution in [3.63, 3.8) is 0 Å². The van der Waals surface area contributed by atoms with Gasteiger partial charge in [0.25, 0.3) is 0 Å². The normalized spacial score (nSPS) is 14.4. The van der Waals surface area contributed by atoms with E-state index in [4.69, 9.17) is 27.3 Å². The van der Waals surface area contributed by atoms with Crippen LogP contribution in [0.1, 0.15) is 19.5 Å². The molecule has 0 amide bonds. The summed E-state index contributed by atoms with van der Waals surface area (Å²) < 4.78 is 90.6. The summed E-state index contributed by atoms with van der Waals surface area (Å²) in [5, 5.41) is 0.476. The van der Waals surface area contributed by atoms with E-state index in [1.807, 2.05) is 72.8 Å². The summed E-state index contributed by atoms with van der Waals surface area (Å²) in [5.41, 5.74) is 5.95. The Morgan fingerprint density at radius 1 is 0.471 bits per heavy atom. The molecule has 7 aromatic carbocycles. The zero-order valence-electron chi connectivity index (χ0n) is 36.8. The molecule has 0 fully saturated rings. The molecule has 0 saturated carbocycles. The second kappa shape index (κ2) is 12.2. The van der Waals surface area contributed by atoms with Crippen LogP contribution in [-0.4, -0.2) is 19.5 Å². The zero-order valence-corrected chi connectivity index (χ0v) is 27.6. The van der Waals surface area contributed by atoms with Gasteiger partial charge in [-0.1, -0.05) is 151 Å². The molecule has 4 nitrogen and oxygen atoms in total. The van der Waals surface area contributed by atoms with Crippen molar-refractivity contribution in [3.05, 3.63) is 175 Å². The van der Waals surface area contributed by atoms with Crippen LogP contribution in [0.2, 0.25) is 0 Å². The molecule has 240 valence electrons. The summed E-state index contributed by atoms with van der Waals surface area (Å²) in [4.78, 5) is 14.7. The van der Waals surface area contributed by atoms with Crippen LogP contribution in [-0.2, 0) is 6.54 Å². The molecule has 0 radical (unpaired) electrons. The molecule has 10 aromatic rings. The first kappa shape index (κ1) is 20.9. The maximum atomic E-state index is 9.27. The van der Waals surface area contributed by atoms with Crippen LogP contribution in [0.3, 0.4) is 0 Å². The first-order valence-electron chi connectivity index (χ1n) is 21.3. The predicted molar refractivity (Wildman–Crippen MR) is 213 cm³/mol. The van der Waals surface area contributed by atoms with Crippen molar-refractivity contribution < 1.29 is 13.7 Å². The first-order valence-corrected chi connectivity index (χ1v) is 17.1. The number of fused-ring (bicyclic) bond motifs is 7. The van der Waals surface area contributed by atoms with Crippen molar-refractivity contribution in [1.82, 2.24) is 19.5 Å². The largest absolute Gasteiger partial charge is 0.332 e. The summed E-state index contributed by atoms with van der Waals surface area (Å²) in [6.07, 6.45) is 0. The van der Waals surface area contributed by atoms with E-state index < -0.39 is 30.2 Å². The minimum atomic E-state index is -0.510. The van der Waals surface area contributed by atoms with E-state index >= 15 is 0 Å². The molecule has 3 heterocycles. The minimum absolute atomic E-state index is 0.0199. The minimum Gasteiger partial charge on any atom is -0.332 e. The second-order valence-electron chi connectivity index (χ2n) is 12.1. The van der Waals surface area contributed by atoms with E-state index in [-0.39, 0.29) is 84.6 Å². The quantitative estimate of drug-likeness (QED) is 0.176. The maximum Gasteiger partial charge on any atom is 0.163 e. The van der Waals surface area contributed by atoms with Gasteiger partial charge in [0.1, 0.15) is 0 Å². The number of thiophene rings is 1. The topological polar surface area (TPSA) is 43.6 Å². The van der Waals surface area contributed by atoms with Gasteiger partial charge in [0.15, 0.2) is 17.5 Å². The molecule has 10 rings (SSSR count). The van der Waals surface area contributed by atoms with E-state index in [0.717, 1.165) is 33.6 Å². The van der Waals surface area contributed by atoms with E-state index in [1.165, 1.54) is 0 Å². The molecule has 5 heteroatoms. The molecule has 3 aromatic heterocycles. The Bertz CT molecular complexity index is 3430. The summed E-state index contributed by atoms with van der Waals surface area (Å²) in [6.45, 7) is -0.183. The first-order chi connectivity index (χ1) is 29.4. The summed E-state index contributed by atoms with van der Waals surface area (Å²) in [7, 11) is 0. The second-order valence-corrected chi connectivity index (χ2v) is 13.1. The number of rotatable bonds is 6. The average molecular weight is 681 g/mol. The number of para-hydroxylation sites is 1. The highest BCUT2D eigenvalue weighted by molar-refractivity contribution is 7.26. The van der Waals surface area contributed by atoms with Crippen LogP contribution in [0.25, 0.3) is 87.0 Å². The van der Waals surface area contributed by atoms with E-state index in [0.29, 0.717) is 22.8 Å². The van der Waals surface area contributed by atoms with Crippen LogP contribution < -0.4 is 0 Å². The number of nitrogens with zero attached hydrogens (tertiary/aromatic N) is 4. The SMILES string of the molecule is [2H]c1c([2H])c([2H])c2c(sc3c([2H])c([2H])c4c5c([2H])c([2H])c([2H])c([2H])c5n(Cc5nc(-c6ccccc6)nc(-c6ccc(-c7ccc(-c8ccccc8)cc7)cc6)n5)c4c32)c1[2H]. The number of hydrogen-bond acceptors (Lipinski definition) is 4. The van der Waals surface area contributed by atoms with Gasteiger partial charge in [-0.05, 0) is 40.4 Å². The van der Waals surface area contributed by atoms with Gasteiger partial charge in [-0.25, -0.2) is 15.0 Å². The van der Waals surface area contributed by atoms with Gasteiger partial charge in [0.2, 0.25) is 0 Å². The average Bonchev–Trinajstić information content (AvgIpc) is 3.86. The lowest BCUT2D eigenvalue weighted by Crippen LogP contribution is -2.08. The molecule has 0 N–H and O–H groups in total. The summed E-state index contributed by atoms with van der Waals surface area (Å²) in [5.74, 6) is 0.942. The van der Waals surface area contributed by atoms with Crippen molar-refractivity contribution in [1.29, 1.82) is 0 Å². The van der Waals surface area contributed by atoms with Crippen LogP contribution in [0.15, 0.2) is 170 Å². The molecule has 0 aliphatic carbocycles. The van der Waals surface area contributed by atoms with E-state index in [9.17, 15) is 1.37 Å². The van der Waals surface area contributed by atoms with Crippen LogP contribution in [0.5, 0.6) is 0 Å². The van der Waals surface area contributed by atoms with Gasteiger partial charge in [0, 0.05) is 47.6 Å². The van der Waals surface area contributed by atoms with E-state index in [2.05, 4.69) is 36.4 Å². The molecule has 0 atom stereocenters. The summed E-state index contributed by atoms with van der Waals surface area (Å²) in [6, 6.07) is 31.9. The van der Waals surface area contributed by atoms with Gasteiger partial charge in [0.05, 0.1) is 25.8 Å². The van der Waals surface area contributed by atoms with E-state index in [1.54, 1.807) is 4.57 Å². The van der Waals surface area contributed by atoms with Crippen molar-refractivity contribution in [3.8, 4) is 45.0 Å². The van der Waals surface area contributed by atoms with Crippen LogP contribution in [0.4, 0.5) is 0 Å². The highest BCUT2D eigenvalue weighted by Gasteiger charge is 2.19. The van der Waals surface area contributed by atoms with Crippen molar-refractivity contribution in [2.75, 3.05) is 0 Å². The van der Waals surface area contributed by atoms with Gasteiger partial charge in [-0.2, -0.15) is 0 Å². The predicted octanol–water partition coefficient (Wildman–Crippen LogP) is 12.1. The fourth-order valence-electron chi connectivity index (χ4n) is 6.62. The van der Waals surface area contributed by atoms with Gasteiger partial charge < -0.3 is 4.57 Å². The Kier molecular flexibility index (Phi) is 4.99. The third kappa shape index (κ3) is 5.18. The van der Waals surface area contributed by atoms with Gasteiger partial charge >= 0.3 is 0 Å². The zero-order chi connectivity index (χ0) is 42.4. The standard InChI is InChI=1S/C46H30N4S/c1-3-11-30(12-4-1)31-19-21-32(22-20-31)33-23-25-35(26-24-33)46-48-42(47-45(49-46)34-13-5-2-6-14-34)29-50-39-17-9-7-15-36(39)37-27-28-41-43(44(37)50)38-16-8-10-18-40(38)51-41/h1-28H,29H2/i7D,8D,9D,10D,15D,16D,17D,18D,27D,28D. The fraction of sp³-hybridized carbons (Fsp3) is 0.0217. The van der Waals surface area contributed by atoms with Crippen molar-refractivity contribution in [2.24, 2.45) is 0 Å². The molecular weight excluding hydrogens is 641 g/mol. The van der Waals surface area contributed by atoms with Crippen LogP contribution >= 0.6 is 11.3 Å². The molecule has 0 saturated heterocycles. The highest BCUT2D eigenvalue weighted by Crippen LogP contribution is 2.42. The Balaban J connectivity index is 1.20. The third-order valence-electron chi connectivity index (χ3n) is 9.05. The molecule has 0 aliphatic rings.